The summed E-state index contributed by atoms with van der Waals surface area (Å²) in [5.74, 6) is 0.217. The van der Waals surface area contributed by atoms with Crippen molar-refractivity contribution in [3.05, 3.63) is 82.0 Å². The fourth-order valence-corrected chi connectivity index (χ4v) is 5.71. The quantitative estimate of drug-likeness (QED) is 0.284. The van der Waals surface area contributed by atoms with Crippen LogP contribution in [-0.4, -0.2) is 45.4 Å². The van der Waals surface area contributed by atoms with Gasteiger partial charge in [0.25, 0.3) is 5.91 Å². The molecule has 10 heteroatoms. The SMILES string of the molecule is CCN(CC)S(=O)(=O)c1ccc(NC(=O)COc2c(-c3ccc(OC)cc3)oc3cc(C)c(C)cc3c2=O)cc1. The molecule has 0 aliphatic heterocycles. The monoisotopic (exact) mass is 564 g/mol. The van der Waals surface area contributed by atoms with E-state index in [9.17, 15) is 18.0 Å². The maximum absolute atomic E-state index is 13.5. The number of rotatable bonds is 10. The van der Waals surface area contributed by atoms with Crippen molar-refractivity contribution < 1.29 is 27.1 Å². The lowest BCUT2D eigenvalue weighted by Crippen LogP contribution is -2.30. The second kappa shape index (κ2) is 11.9. The third kappa shape index (κ3) is 5.88. The highest BCUT2D eigenvalue weighted by atomic mass is 32.2. The lowest BCUT2D eigenvalue weighted by Gasteiger charge is -2.18. The van der Waals surface area contributed by atoms with E-state index in [-0.39, 0.29) is 16.4 Å². The first kappa shape index (κ1) is 28.8. The number of carbonyl (C=O) groups excluding carboxylic acids is 1. The van der Waals surface area contributed by atoms with Gasteiger partial charge in [-0.1, -0.05) is 13.8 Å². The molecule has 40 heavy (non-hydrogen) atoms. The molecule has 0 aliphatic rings. The zero-order chi connectivity index (χ0) is 29.0. The maximum Gasteiger partial charge on any atom is 0.262 e. The molecule has 0 unspecified atom stereocenters. The van der Waals surface area contributed by atoms with E-state index in [0.29, 0.717) is 41.1 Å². The van der Waals surface area contributed by atoms with Gasteiger partial charge in [0.15, 0.2) is 12.4 Å². The normalized spacial score (nSPS) is 11.6. The van der Waals surface area contributed by atoms with Crippen LogP contribution >= 0.6 is 0 Å². The molecule has 0 radical (unpaired) electrons. The standard InChI is InChI=1S/C30H32N2O7S/c1-6-32(7-2)40(35,36)24-14-10-22(11-15-24)31-27(33)18-38-30-28(34)25-16-19(3)20(4)17-26(25)39-29(30)21-8-12-23(37-5)13-9-21/h8-17H,6-7,18H2,1-5H3,(H,31,33). The summed E-state index contributed by atoms with van der Waals surface area (Å²) in [5.41, 5.74) is 2.88. The first-order valence-corrected chi connectivity index (χ1v) is 14.3. The third-order valence-electron chi connectivity index (χ3n) is 6.65. The first-order chi connectivity index (χ1) is 19.1. The lowest BCUT2D eigenvalue weighted by atomic mass is 10.0. The minimum absolute atomic E-state index is 0.0864. The Hall–Kier alpha value is -4.15. The molecule has 3 aromatic carbocycles. The summed E-state index contributed by atoms with van der Waals surface area (Å²) in [7, 11) is -2.06. The molecule has 1 heterocycles. The van der Waals surface area contributed by atoms with Crippen LogP contribution < -0.4 is 20.2 Å². The average Bonchev–Trinajstić information content (AvgIpc) is 2.94. The first-order valence-electron chi connectivity index (χ1n) is 12.8. The Balaban J connectivity index is 1.60. The molecule has 0 spiro atoms. The zero-order valence-electron chi connectivity index (χ0n) is 23.1. The van der Waals surface area contributed by atoms with E-state index in [1.54, 1.807) is 57.4 Å². The summed E-state index contributed by atoms with van der Waals surface area (Å²) in [4.78, 5) is 26.4. The number of nitrogens with zero attached hydrogens (tertiary/aromatic N) is 1. The van der Waals surface area contributed by atoms with Gasteiger partial charge in [-0.25, -0.2) is 8.42 Å². The number of nitrogens with one attached hydrogen (secondary N) is 1. The van der Waals surface area contributed by atoms with E-state index in [2.05, 4.69) is 5.32 Å². The predicted molar refractivity (Wildman–Crippen MR) is 155 cm³/mol. The number of aryl methyl sites for hydroxylation is 2. The van der Waals surface area contributed by atoms with E-state index in [1.807, 2.05) is 13.8 Å². The highest BCUT2D eigenvalue weighted by Gasteiger charge is 2.22. The number of hydrogen-bond acceptors (Lipinski definition) is 7. The number of benzene rings is 3. The van der Waals surface area contributed by atoms with Crippen molar-refractivity contribution in [2.75, 3.05) is 32.1 Å². The van der Waals surface area contributed by atoms with Gasteiger partial charge in [0, 0.05) is 24.3 Å². The van der Waals surface area contributed by atoms with Gasteiger partial charge in [0.05, 0.1) is 17.4 Å². The van der Waals surface area contributed by atoms with E-state index in [0.717, 1.165) is 11.1 Å². The third-order valence-corrected chi connectivity index (χ3v) is 8.71. The Morgan fingerprint density at radius 3 is 2.17 bits per heavy atom. The number of fused-ring (bicyclic) bond motifs is 1. The Labute approximate surface area is 233 Å². The summed E-state index contributed by atoms with van der Waals surface area (Å²) < 4.78 is 43.9. The molecule has 0 saturated carbocycles. The van der Waals surface area contributed by atoms with Gasteiger partial charge in [-0.15, -0.1) is 0 Å². The molecule has 4 aromatic rings. The zero-order valence-corrected chi connectivity index (χ0v) is 23.9. The molecule has 9 nitrogen and oxygen atoms in total. The van der Waals surface area contributed by atoms with Crippen molar-refractivity contribution in [2.24, 2.45) is 0 Å². The van der Waals surface area contributed by atoms with Crippen molar-refractivity contribution in [3.8, 4) is 22.8 Å². The van der Waals surface area contributed by atoms with Crippen LogP contribution in [0.4, 0.5) is 5.69 Å². The van der Waals surface area contributed by atoms with Gasteiger partial charge < -0.3 is 19.2 Å². The van der Waals surface area contributed by atoms with E-state index in [4.69, 9.17) is 13.9 Å². The summed E-state index contributed by atoms with van der Waals surface area (Å²) >= 11 is 0. The van der Waals surface area contributed by atoms with E-state index < -0.39 is 28.0 Å². The van der Waals surface area contributed by atoms with Crippen molar-refractivity contribution >= 4 is 32.6 Å². The van der Waals surface area contributed by atoms with Gasteiger partial charge in [-0.3, -0.25) is 9.59 Å². The molecule has 1 aromatic heterocycles. The summed E-state index contributed by atoms with van der Waals surface area (Å²) in [6, 6.07) is 16.4. The fourth-order valence-electron chi connectivity index (χ4n) is 4.25. The number of ether oxygens (including phenoxy) is 2. The Morgan fingerprint density at radius 1 is 0.950 bits per heavy atom. The van der Waals surface area contributed by atoms with Crippen LogP contribution in [-0.2, 0) is 14.8 Å². The topological polar surface area (TPSA) is 115 Å². The number of methoxy groups -OCH3 is 1. The van der Waals surface area contributed by atoms with Gasteiger partial charge in [0.1, 0.15) is 11.3 Å². The molecular weight excluding hydrogens is 532 g/mol. The number of sulfonamides is 1. The van der Waals surface area contributed by atoms with Crippen LogP contribution in [0.5, 0.6) is 11.5 Å². The molecule has 0 bridgehead atoms. The maximum atomic E-state index is 13.5. The van der Waals surface area contributed by atoms with Crippen molar-refractivity contribution in [1.29, 1.82) is 0 Å². The van der Waals surface area contributed by atoms with Crippen LogP contribution in [0.1, 0.15) is 25.0 Å². The van der Waals surface area contributed by atoms with Crippen LogP contribution in [0.25, 0.3) is 22.3 Å². The van der Waals surface area contributed by atoms with Crippen LogP contribution in [0.3, 0.4) is 0 Å². The van der Waals surface area contributed by atoms with Crippen LogP contribution in [0.15, 0.2) is 74.8 Å². The number of hydrogen-bond donors (Lipinski definition) is 1. The van der Waals surface area contributed by atoms with Crippen LogP contribution in [0, 0.1) is 13.8 Å². The molecule has 0 aliphatic carbocycles. The Bertz CT molecular complexity index is 1690. The Morgan fingerprint density at radius 2 is 1.57 bits per heavy atom. The van der Waals surface area contributed by atoms with Crippen LogP contribution in [0.2, 0.25) is 0 Å². The summed E-state index contributed by atoms with van der Waals surface area (Å²) in [5, 5.41) is 3.02. The largest absolute Gasteiger partial charge is 0.497 e. The Kier molecular flexibility index (Phi) is 8.61. The van der Waals surface area contributed by atoms with Gasteiger partial charge >= 0.3 is 0 Å². The molecule has 1 N–H and O–H groups in total. The smallest absolute Gasteiger partial charge is 0.262 e. The molecular formula is C30H32N2O7S. The van der Waals surface area contributed by atoms with Crippen molar-refractivity contribution in [3.63, 3.8) is 0 Å². The molecule has 210 valence electrons. The minimum Gasteiger partial charge on any atom is -0.497 e. The number of amides is 1. The van der Waals surface area contributed by atoms with Gasteiger partial charge in [-0.05, 0) is 85.6 Å². The van der Waals surface area contributed by atoms with E-state index >= 15 is 0 Å². The minimum atomic E-state index is -3.61. The summed E-state index contributed by atoms with van der Waals surface area (Å²) in [6.07, 6.45) is 0. The predicted octanol–water partition coefficient (Wildman–Crippen LogP) is 5.13. The fraction of sp³-hybridized carbons (Fsp3) is 0.267. The van der Waals surface area contributed by atoms with E-state index in [1.165, 1.54) is 28.6 Å². The lowest BCUT2D eigenvalue weighted by molar-refractivity contribution is -0.118. The average molecular weight is 565 g/mol. The molecule has 1 amide bonds. The highest BCUT2D eigenvalue weighted by molar-refractivity contribution is 7.89. The second-order valence-corrected chi connectivity index (χ2v) is 11.1. The van der Waals surface area contributed by atoms with Gasteiger partial charge in [0.2, 0.25) is 21.2 Å². The highest BCUT2D eigenvalue weighted by Crippen LogP contribution is 2.33. The molecule has 4 rings (SSSR count). The van der Waals surface area contributed by atoms with Gasteiger partial charge in [-0.2, -0.15) is 4.31 Å². The molecule has 0 fully saturated rings. The molecule has 0 atom stereocenters. The van der Waals surface area contributed by atoms with Crippen molar-refractivity contribution in [1.82, 2.24) is 4.31 Å². The second-order valence-electron chi connectivity index (χ2n) is 9.20. The van der Waals surface area contributed by atoms with Crippen molar-refractivity contribution in [2.45, 2.75) is 32.6 Å². The molecule has 0 saturated heterocycles. The summed E-state index contributed by atoms with van der Waals surface area (Å²) in [6.45, 7) is 7.62. The number of carbonyl (C=O) groups is 1. The number of anilines is 1.